The zero-order valence-electron chi connectivity index (χ0n) is 14.8. The van der Waals surface area contributed by atoms with Crippen molar-refractivity contribution in [2.24, 2.45) is 0 Å². The quantitative estimate of drug-likeness (QED) is 0.498. The summed E-state index contributed by atoms with van der Waals surface area (Å²) in [5.74, 6) is 0.112. The number of pyridine rings is 2. The lowest BCUT2D eigenvalue weighted by Crippen LogP contribution is -2.48. The monoisotopic (exact) mass is 380 g/mol. The van der Waals surface area contributed by atoms with Crippen molar-refractivity contribution in [3.8, 4) is 11.3 Å². The predicted octanol–water partition coefficient (Wildman–Crippen LogP) is 2.00. The highest BCUT2D eigenvalue weighted by atomic mass is 16.6. The number of carbonyl (C=O) groups excluding carboxylic acids is 1. The van der Waals surface area contributed by atoms with Gasteiger partial charge in [0.05, 0.1) is 5.69 Å². The zero-order chi connectivity index (χ0) is 19.5. The van der Waals surface area contributed by atoms with E-state index >= 15 is 0 Å². The van der Waals surface area contributed by atoms with E-state index in [2.05, 4.69) is 15.1 Å². The Morgan fingerprint density at radius 1 is 1.14 bits per heavy atom. The molecule has 0 unspecified atom stereocenters. The lowest BCUT2D eigenvalue weighted by molar-refractivity contribution is -0.389. The Morgan fingerprint density at radius 2 is 1.96 bits per heavy atom. The highest BCUT2D eigenvalue weighted by Gasteiger charge is 2.25. The molecule has 0 bridgehead atoms. The molecule has 4 heterocycles. The van der Waals surface area contributed by atoms with Crippen LogP contribution in [0, 0.1) is 10.1 Å². The summed E-state index contributed by atoms with van der Waals surface area (Å²) in [7, 11) is 0. The van der Waals surface area contributed by atoms with E-state index in [4.69, 9.17) is 4.52 Å². The number of hydrogen-bond donors (Lipinski definition) is 0. The Balaban J connectivity index is 1.39. The molecular weight excluding hydrogens is 364 g/mol. The maximum Gasteiger partial charge on any atom is 0.363 e. The van der Waals surface area contributed by atoms with Gasteiger partial charge in [0.15, 0.2) is 17.7 Å². The molecule has 3 aromatic rings. The number of carbonyl (C=O) groups is 1. The molecular formula is C18H16N6O4. The zero-order valence-corrected chi connectivity index (χ0v) is 14.8. The molecule has 0 N–H and O–H groups in total. The maximum atomic E-state index is 12.7. The molecule has 10 heteroatoms. The Hall–Kier alpha value is -3.82. The first-order valence-electron chi connectivity index (χ1n) is 8.63. The average molecular weight is 380 g/mol. The van der Waals surface area contributed by atoms with Gasteiger partial charge in [-0.25, -0.2) is 0 Å². The minimum atomic E-state index is -0.530. The van der Waals surface area contributed by atoms with E-state index in [1.807, 2.05) is 11.0 Å². The van der Waals surface area contributed by atoms with Crippen molar-refractivity contribution in [3.63, 3.8) is 0 Å². The molecule has 0 atom stereocenters. The highest BCUT2D eigenvalue weighted by Crippen LogP contribution is 2.21. The van der Waals surface area contributed by atoms with Crippen molar-refractivity contribution in [3.05, 3.63) is 64.7 Å². The van der Waals surface area contributed by atoms with Gasteiger partial charge >= 0.3 is 5.82 Å². The van der Waals surface area contributed by atoms with Crippen LogP contribution in [0.15, 0.2) is 53.4 Å². The van der Waals surface area contributed by atoms with Crippen molar-refractivity contribution in [1.82, 2.24) is 20.0 Å². The fraction of sp³-hybridized carbons (Fsp3) is 0.222. The minimum Gasteiger partial charge on any atom is -0.365 e. The van der Waals surface area contributed by atoms with E-state index in [9.17, 15) is 14.9 Å². The normalized spacial score (nSPS) is 14.1. The lowest BCUT2D eigenvalue weighted by atomic mass is 10.2. The van der Waals surface area contributed by atoms with Gasteiger partial charge in [0.2, 0.25) is 0 Å². The molecule has 0 aromatic carbocycles. The van der Waals surface area contributed by atoms with Crippen LogP contribution in [0.1, 0.15) is 10.5 Å². The number of hydrogen-bond acceptors (Lipinski definition) is 8. The van der Waals surface area contributed by atoms with E-state index in [0.717, 1.165) is 11.3 Å². The molecule has 0 saturated carbocycles. The van der Waals surface area contributed by atoms with Crippen molar-refractivity contribution in [1.29, 1.82) is 0 Å². The van der Waals surface area contributed by atoms with Crippen molar-refractivity contribution < 1.29 is 14.2 Å². The fourth-order valence-corrected chi connectivity index (χ4v) is 3.02. The maximum absolute atomic E-state index is 12.7. The molecule has 4 rings (SSSR count). The summed E-state index contributed by atoms with van der Waals surface area (Å²) in [6.07, 6.45) is 4.78. The van der Waals surface area contributed by atoms with Crippen LogP contribution < -0.4 is 4.90 Å². The number of piperazine rings is 1. The summed E-state index contributed by atoms with van der Waals surface area (Å²) in [4.78, 5) is 34.5. The molecule has 0 radical (unpaired) electrons. The van der Waals surface area contributed by atoms with Gasteiger partial charge in [0.1, 0.15) is 0 Å². The average Bonchev–Trinajstić information content (AvgIpc) is 3.24. The molecule has 3 aromatic heterocycles. The minimum absolute atomic E-state index is 0.187. The summed E-state index contributed by atoms with van der Waals surface area (Å²) in [5, 5.41) is 14.6. The number of anilines is 1. The van der Waals surface area contributed by atoms with Crippen LogP contribution in [0.5, 0.6) is 0 Å². The second kappa shape index (κ2) is 7.43. The van der Waals surface area contributed by atoms with Crippen molar-refractivity contribution in [2.75, 3.05) is 31.1 Å². The molecule has 28 heavy (non-hydrogen) atoms. The summed E-state index contributed by atoms with van der Waals surface area (Å²) >= 11 is 0. The number of rotatable bonds is 4. The highest BCUT2D eigenvalue weighted by molar-refractivity contribution is 5.93. The van der Waals surface area contributed by atoms with Crippen LogP contribution in [0.3, 0.4) is 0 Å². The standard InChI is InChI=1S/C18H16N6O4/c25-18(15-10-16(28-21-15)13-2-1-5-19-11-13)23-8-6-22(7-9-23)14-3-4-17(20-12-14)24(26)27/h1-5,10-12H,6-9H2. The van der Waals surface area contributed by atoms with Gasteiger partial charge in [0, 0.05) is 56.3 Å². The fourth-order valence-electron chi connectivity index (χ4n) is 3.02. The SMILES string of the molecule is O=C(c1cc(-c2cccnc2)on1)N1CCN(c2ccc([N+](=O)[O-])nc2)CC1. The Kier molecular flexibility index (Phi) is 4.67. The number of nitro groups is 1. The van der Waals surface area contributed by atoms with Crippen LogP contribution >= 0.6 is 0 Å². The smallest absolute Gasteiger partial charge is 0.363 e. The third kappa shape index (κ3) is 3.52. The molecule has 142 valence electrons. The topological polar surface area (TPSA) is 119 Å². The first kappa shape index (κ1) is 17.6. The van der Waals surface area contributed by atoms with Crippen LogP contribution in [0.25, 0.3) is 11.3 Å². The third-order valence-electron chi connectivity index (χ3n) is 4.53. The second-order valence-electron chi connectivity index (χ2n) is 6.23. The van der Waals surface area contributed by atoms with Gasteiger partial charge in [-0.1, -0.05) is 5.16 Å². The van der Waals surface area contributed by atoms with Gasteiger partial charge in [-0.05, 0) is 28.1 Å². The Labute approximate surface area is 159 Å². The Bertz CT molecular complexity index is 981. The molecule has 0 spiro atoms. The first-order chi connectivity index (χ1) is 13.6. The van der Waals surface area contributed by atoms with Gasteiger partial charge in [-0.2, -0.15) is 0 Å². The third-order valence-corrected chi connectivity index (χ3v) is 4.53. The summed E-state index contributed by atoms with van der Waals surface area (Å²) in [5.41, 5.74) is 1.80. The molecule has 1 aliphatic rings. The van der Waals surface area contributed by atoms with Crippen molar-refractivity contribution >= 4 is 17.4 Å². The lowest BCUT2D eigenvalue weighted by Gasteiger charge is -2.35. The van der Waals surface area contributed by atoms with Gasteiger partial charge in [0.25, 0.3) is 5.91 Å². The van der Waals surface area contributed by atoms with Crippen LogP contribution in [-0.4, -0.2) is 57.0 Å². The van der Waals surface area contributed by atoms with Crippen LogP contribution in [0.4, 0.5) is 11.5 Å². The van der Waals surface area contributed by atoms with E-state index in [1.165, 1.54) is 12.3 Å². The van der Waals surface area contributed by atoms with Gasteiger partial charge < -0.3 is 24.4 Å². The van der Waals surface area contributed by atoms with Gasteiger partial charge in [-0.3, -0.25) is 9.78 Å². The molecule has 10 nitrogen and oxygen atoms in total. The molecule has 1 aliphatic heterocycles. The largest absolute Gasteiger partial charge is 0.365 e. The van der Waals surface area contributed by atoms with E-state index in [1.54, 1.807) is 35.5 Å². The summed E-state index contributed by atoms with van der Waals surface area (Å²) in [6, 6.07) is 8.28. The number of aromatic nitrogens is 3. The second-order valence-corrected chi connectivity index (χ2v) is 6.23. The van der Waals surface area contributed by atoms with E-state index < -0.39 is 4.92 Å². The van der Waals surface area contributed by atoms with E-state index in [0.29, 0.717) is 31.9 Å². The van der Waals surface area contributed by atoms with E-state index in [-0.39, 0.29) is 17.4 Å². The first-order valence-corrected chi connectivity index (χ1v) is 8.63. The number of nitrogens with zero attached hydrogens (tertiary/aromatic N) is 6. The summed E-state index contributed by atoms with van der Waals surface area (Å²) < 4.78 is 5.27. The number of amides is 1. The van der Waals surface area contributed by atoms with Crippen molar-refractivity contribution in [2.45, 2.75) is 0 Å². The van der Waals surface area contributed by atoms with Crippen LogP contribution in [0.2, 0.25) is 0 Å². The predicted molar refractivity (Wildman–Crippen MR) is 98.7 cm³/mol. The molecule has 0 aliphatic carbocycles. The summed E-state index contributed by atoms with van der Waals surface area (Å²) in [6.45, 7) is 2.20. The molecule has 1 saturated heterocycles. The van der Waals surface area contributed by atoms with Crippen LogP contribution in [-0.2, 0) is 0 Å². The molecule has 1 fully saturated rings. The van der Waals surface area contributed by atoms with Gasteiger partial charge in [-0.15, -0.1) is 0 Å². The Morgan fingerprint density at radius 3 is 2.61 bits per heavy atom. The molecule has 1 amide bonds.